The fourth-order valence-electron chi connectivity index (χ4n) is 3.04. The molecule has 0 aliphatic rings. The van der Waals surface area contributed by atoms with Crippen LogP contribution >= 0.6 is 11.3 Å². The Balaban J connectivity index is 1.49. The van der Waals surface area contributed by atoms with Crippen LogP contribution in [0.1, 0.15) is 36.9 Å². The van der Waals surface area contributed by atoms with E-state index >= 15 is 0 Å². The molecule has 0 saturated carbocycles. The third-order valence-electron chi connectivity index (χ3n) is 4.61. The first-order chi connectivity index (χ1) is 14.0. The lowest BCUT2D eigenvalue weighted by Gasteiger charge is -2.06. The SMILES string of the molecule is Cc1ccc(C(=O)NNC(=O)c2cc3c(C)nn(Cc4ccccc4)c3s2)cc1. The van der Waals surface area contributed by atoms with Crippen LogP contribution in [0.3, 0.4) is 0 Å². The van der Waals surface area contributed by atoms with Crippen LogP contribution in [-0.4, -0.2) is 21.6 Å². The Morgan fingerprint density at radius 3 is 2.38 bits per heavy atom. The van der Waals surface area contributed by atoms with Gasteiger partial charge in [-0.1, -0.05) is 48.0 Å². The lowest BCUT2D eigenvalue weighted by Crippen LogP contribution is -2.41. The third kappa shape index (κ3) is 4.05. The molecule has 4 aromatic rings. The Morgan fingerprint density at radius 1 is 0.966 bits per heavy atom. The molecule has 0 bridgehead atoms. The monoisotopic (exact) mass is 404 g/mol. The standard InChI is InChI=1S/C22H20N4O2S/c1-14-8-10-17(11-9-14)20(27)23-24-21(28)19-12-18-15(2)25-26(22(18)29-19)13-16-6-4-3-5-7-16/h3-12H,13H2,1-2H3,(H,23,27)(H,24,28). The van der Waals surface area contributed by atoms with E-state index in [0.717, 1.165) is 27.0 Å². The predicted molar refractivity (Wildman–Crippen MR) is 114 cm³/mol. The largest absolute Gasteiger partial charge is 0.279 e. The van der Waals surface area contributed by atoms with Gasteiger partial charge in [-0.25, -0.2) is 0 Å². The molecule has 0 unspecified atom stereocenters. The van der Waals surface area contributed by atoms with Crippen molar-refractivity contribution in [2.24, 2.45) is 0 Å². The number of nitrogens with one attached hydrogen (secondary N) is 2. The van der Waals surface area contributed by atoms with E-state index in [2.05, 4.69) is 16.0 Å². The summed E-state index contributed by atoms with van der Waals surface area (Å²) in [7, 11) is 0. The first kappa shape index (κ1) is 18.9. The Hall–Kier alpha value is -3.45. The molecule has 4 rings (SSSR count). The van der Waals surface area contributed by atoms with Crippen molar-refractivity contribution in [1.82, 2.24) is 20.6 Å². The highest BCUT2D eigenvalue weighted by Crippen LogP contribution is 2.28. The molecule has 2 N–H and O–H groups in total. The van der Waals surface area contributed by atoms with E-state index in [-0.39, 0.29) is 11.8 Å². The summed E-state index contributed by atoms with van der Waals surface area (Å²) < 4.78 is 1.91. The molecule has 0 aliphatic carbocycles. The van der Waals surface area contributed by atoms with E-state index in [4.69, 9.17) is 0 Å². The highest BCUT2D eigenvalue weighted by Gasteiger charge is 2.17. The molecule has 0 spiro atoms. The lowest BCUT2D eigenvalue weighted by molar-refractivity contribution is 0.0849. The summed E-state index contributed by atoms with van der Waals surface area (Å²) in [6.45, 7) is 4.51. The summed E-state index contributed by atoms with van der Waals surface area (Å²) in [6, 6.07) is 19.0. The normalized spacial score (nSPS) is 10.8. The van der Waals surface area contributed by atoms with Crippen LogP contribution in [0.15, 0.2) is 60.7 Å². The van der Waals surface area contributed by atoms with Gasteiger partial charge < -0.3 is 0 Å². The molecule has 2 aromatic heterocycles. The molecule has 0 fully saturated rings. The van der Waals surface area contributed by atoms with Gasteiger partial charge in [-0.3, -0.25) is 25.1 Å². The molecule has 0 radical (unpaired) electrons. The fraction of sp³-hybridized carbons (Fsp3) is 0.136. The zero-order valence-corrected chi connectivity index (χ0v) is 16.9. The zero-order chi connectivity index (χ0) is 20.4. The molecular formula is C22H20N4O2S. The van der Waals surface area contributed by atoms with Crippen molar-refractivity contribution in [3.63, 3.8) is 0 Å². The number of hydrazine groups is 1. The van der Waals surface area contributed by atoms with Crippen molar-refractivity contribution in [3.05, 3.63) is 87.9 Å². The van der Waals surface area contributed by atoms with Gasteiger partial charge >= 0.3 is 0 Å². The van der Waals surface area contributed by atoms with Gasteiger partial charge in [0.25, 0.3) is 11.8 Å². The van der Waals surface area contributed by atoms with Crippen LogP contribution in [-0.2, 0) is 6.54 Å². The van der Waals surface area contributed by atoms with Crippen molar-refractivity contribution in [3.8, 4) is 0 Å². The number of aromatic nitrogens is 2. The minimum Gasteiger partial charge on any atom is -0.267 e. The maximum absolute atomic E-state index is 12.5. The second-order valence-electron chi connectivity index (χ2n) is 6.83. The number of amides is 2. The third-order valence-corrected chi connectivity index (χ3v) is 5.76. The van der Waals surface area contributed by atoms with Gasteiger partial charge in [0.05, 0.1) is 17.1 Å². The fourth-order valence-corrected chi connectivity index (χ4v) is 4.10. The molecular weight excluding hydrogens is 384 g/mol. The van der Waals surface area contributed by atoms with E-state index in [1.807, 2.05) is 67.1 Å². The van der Waals surface area contributed by atoms with Gasteiger partial charge in [-0.2, -0.15) is 5.10 Å². The summed E-state index contributed by atoms with van der Waals surface area (Å²) in [5.74, 6) is -0.705. The van der Waals surface area contributed by atoms with Crippen LogP contribution < -0.4 is 10.9 Å². The molecule has 2 aromatic carbocycles. The second kappa shape index (κ2) is 7.89. The van der Waals surface area contributed by atoms with Gasteiger partial charge in [-0.05, 0) is 37.6 Å². The Labute approximate surface area is 172 Å². The molecule has 2 heterocycles. The summed E-state index contributed by atoms with van der Waals surface area (Å²) in [5.41, 5.74) is 8.53. The number of rotatable bonds is 4. The maximum atomic E-state index is 12.5. The van der Waals surface area contributed by atoms with Gasteiger partial charge in [0.1, 0.15) is 4.83 Å². The Kier molecular flexibility index (Phi) is 5.14. The van der Waals surface area contributed by atoms with Gasteiger partial charge in [-0.15, -0.1) is 11.3 Å². The Bertz CT molecular complexity index is 1180. The van der Waals surface area contributed by atoms with E-state index in [1.54, 1.807) is 12.1 Å². The van der Waals surface area contributed by atoms with Gasteiger partial charge in [0, 0.05) is 10.9 Å². The van der Waals surface area contributed by atoms with Crippen molar-refractivity contribution >= 4 is 33.4 Å². The first-order valence-electron chi connectivity index (χ1n) is 9.19. The van der Waals surface area contributed by atoms with Gasteiger partial charge in [0.15, 0.2) is 0 Å². The number of nitrogens with zero attached hydrogens (tertiary/aromatic N) is 2. The van der Waals surface area contributed by atoms with Crippen molar-refractivity contribution in [2.75, 3.05) is 0 Å². The first-order valence-corrected chi connectivity index (χ1v) is 10.0. The average molecular weight is 404 g/mol. The van der Waals surface area contributed by atoms with E-state index in [0.29, 0.717) is 17.0 Å². The number of aryl methyl sites for hydroxylation is 2. The number of benzene rings is 2. The molecule has 0 saturated heterocycles. The molecule has 7 heteroatoms. The number of carbonyl (C=O) groups is 2. The Morgan fingerprint density at radius 2 is 1.66 bits per heavy atom. The second-order valence-corrected chi connectivity index (χ2v) is 7.86. The van der Waals surface area contributed by atoms with Crippen LogP contribution in [0, 0.1) is 13.8 Å². The highest BCUT2D eigenvalue weighted by atomic mass is 32.1. The quantitative estimate of drug-likeness (QED) is 0.508. The summed E-state index contributed by atoms with van der Waals surface area (Å²) in [4.78, 5) is 26.2. The molecule has 29 heavy (non-hydrogen) atoms. The summed E-state index contributed by atoms with van der Waals surface area (Å²) in [6.07, 6.45) is 0. The molecule has 6 nitrogen and oxygen atoms in total. The topological polar surface area (TPSA) is 76.0 Å². The molecule has 0 atom stereocenters. The van der Waals surface area contributed by atoms with Crippen LogP contribution in [0.4, 0.5) is 0 Å². The van der Waals surface area contributed by atoms with Crippen LogP contribution in [0.25, 0.3) is 10.2 Å². The number of hydrogen-bond donors (Lipinski definition) is 2. The van der Waals surface area contributed by atoms with Crippen molar-refractivity contribution in [2.45, 2.75) is 20.4 Å². The summed E-state index contributed by atoms with van der Waals surface area (Å²) in [5, 5.41) is 5.54. The van der Waals surface area contributed by atoms with E-state index in [9.17, 15) is 9.59 Å². The number of fused-ring (bicyclic) bond motifs is 1. The number of thiophene rings is 1. The summed E-state index contributed by atoms with van der Waals surface area (Å²) >= 11 is 1.36. The van der Waals surface area contributed by atoms with E-state index in [1.165, 1.54) is 11.3 Å². The minimum absolute atomic E-state index is 0.350. The van der Waals surface area contributed by atoms with Crippen LogP contribution in [0.2, 0.25) is 0 Å². The highest BCUT2D eigenvalue weighted by molar-refractivity contribution is 7.20. The van der Waals surface area contributed by atoms with Crippen molar-refractivity contribution in [1.29, 1.82) is 0 Å². The zero-order valence-electron chi connectivity index (χ0n) is 16.1. The van der Waals surface area contributed by atoms with E-state index < -0.39 is 0 Å². The number of hydrogen-bond acceptors (Lipinski definition) is 4. The van der Waals surface area contributed by atoms with Gasteiger partial charge in [0.2, 0.25) is 0 Å². The molecule has 0 aliphatic heterocycles. The minimum atomic E-state index is -0.356. The lowest BCUT2D eigenvalue weighted by atomic mass is 10.1. The van der Waals surface area contributed by atoms with Crippen molar-refractivity contribution < 1.29 is 9.59 Å². The predicted octanol–water partition coefficient (Wildman–Crippen LogP) is 3.84. The maximum Gasteiger partial charge on any atom is 0.279 e. The molecule has 2 amide bonds. The van der Waals surface area contributed by atoms with Crippen LogP contribution in [0.5, 0.6) is 0 Å². The molecule has 146 valence electrons. The smallest absolute Gasteiger partial charge is 0.267 e. The number of carbonyl (C=O) groups excluding carboxylic acids is 2. The average Bonchev–Trinajstić information content (AvgIpc) is 3.29.